The monoisotopic (exact) mass is 269 g/mol. The van der Waals surface area contributed by atoms with Crippen LogP contribution in [-0.2, 0) is 0 Å². The summed E-state index contributed by atoms with van der Waals surface area (Å²) in [5.41, 5.74) is 6.49. The summed E-state index contributed by atoms with van der Waals surface area (Å²) in [6.45, 7) is 1.65. The molecular weight excluding hydrogens is 259 g/mol. The number of anilines is 1. The first kappa shape index (κ1) is 13.1. The molecule has 0 saturated carbocycles. The van der Waals surface area contributed by atoms with Crippen LogP contribution in [0.25, 0.3) is 11.3 Å². The largest absolute Gasteiger partial charge is 0.573 e. The normalized spacial score (nSPS) is 11.4. The molecular formula is C12H10F3N3O. The van der Waals surface area contributed by atoms with E-state index in [0.29, 0.717) is 17.1 Å². The number of halogens is 3. The minimum atomic E-state index is -4.72. The number of benzene rings is 1. The maximum absolute atomic E-state index is 12.1. The van der Waals surface area contributed by atoms with Gasteiger partial charge in [0, 0.05) is 11.6 Å². The molecule has 0 bridgehead atoms. The van der Waals surface area contributed by atoms with Crippen LogP contribution in [0.3, 0.4) is 0 Å². The van der Waals surface area contributed by atoms with E-state index in [1.54, 1.807) is 13.0 Å². The molecule has 19 heavy (non-hydrogen) atoms. The molecule has 0 saturated heterocycles. The van der Waals surface area contributed by atoms with E-state index in [9.17, 15) is 13.2 Å². The van der Waals surface area contributed by atoms with E-state index in [-0.39, 0.29) is 11.6 Å². The van der Waals surface area contributed by atoms with Crippen molar-refractivity contribution in [2.24, 2.45) is 0 Å². The Morgan fingerprint density at radius 3 is 2.53 bits per heavy atom. The number of hydrogen-bond acceptors (Lipinski definition) is 4. The molecule has 0 fully saturated rings. The van der Waals surface area contributed by atoms with Crippen molar-refractivity contribution >= 4 is 5.82 Å². The summed E-state index contributed by atoms with van der Waals surface area (Å²) in [4.78, 5) is 8.01. The van der Waals surface area contributed by atoms with Crippen LogP contribution in [0.2, 0.25) is 0 Å². The van der Waals surface area contributed by atoms with E-state index in [2.05, 4.69) is 14.7 Å². The molecule has 0 unspecified atom stereocenters. The molecule has 1 aromatic heterocycles. The molecule has 100 valence electrons. The van der Waals surface area contributed by atoms with Gasteiger partial charge >= 0.3 is 6.36 Å². The number of hydrogen-bond donors (Lipinski definition) is 1. The molecule has 2 N–H and O–H groups in total. The zero-order chi connectivity index (χ0) is 14.0. The maximum atomic E-state index is 12.1. The SMILES string of the molecule is Cc1nc(N)cc(-c2cccc(OC(F)(F)F)c2)n1. The highest BCUT2D eigenvalue weighted by atomic mass is 19.4. The van der Waals surface area contributed by atoms with Crippen molar-refractivity contribution in [3.05, 3.63) is 36.2 Å². The molecule has 4 nitrogen and oxygen atoms in total. The molecule has 0 aliphatic rings. The third-order valence-electron chi connectivity index (χ3n) is 2.22. The number of ether oxygens (including phenoxy) is 1. The zero-order valence-electron chi connectivity index (χ0n) is 9.90. The van der Waals surface area contributed by atoms with Crippen LogP contribution in [0.5, 0.6) is 5.75 Å². The Morgan fingerprint density at radius 2 is 1.89 bits per heavy atom. The minimum Gasteiger partial charge on any atom is -0.406 e. The van der Waals surface area contributed by atoms with Crippen molar-refractivity contribution in [3.8, 4) is 17.0 Å². The van der Waals surface area contributed by atoms with Gasteiger partial charge in [0.2, 0.25) is 0 Å². The second kappa shape index (κ2) is 4.75. The molecule has 0 aliphatic carbocycles. The van der Waals surface area contributed by atoms with E-state index in [0.717, 1.165) is 0 Å². The number of aryl methyl sites for hydroxylation is 1. The number of alkyl halides is 3. The Morgan fingerprint density at radius 1 is 1.16 bits per heavy atom. The van der Waals surface area contributed by atoms with Crippen molar-refractivity contribution < 1.29 is 17.9 Å². The Hall–Kier alpha value is -2.31. The van der Waals surface area contributed by atoms with Gasteiger partial charge in [0.15, 0.2) is 0 Å². The van der Waals surface area contributed by atoms with Gasteiger partial charge in [-0.2, -0.15) is 0 Å². The highest BCUT2D eigenvalue weighted by molar-refractivity contribution is 5.63. The lowest BCUT2D eigenvalue weighted by Gasteiger charge is -2.10. The van der Waals surface area contributed by atoms with Crippen LogP contribution in [0.1, 0.15) is 5.82 Å². The average Bonchev–Trinajstić information content (AvgIpc) is 2.25. The van der Waals surface area contributed by atoms with Crippen LogP contribution in [0.15, 0.2) is 30.3 Å². The summed E-state index contributed by atoms with van der Waals surface area (Å²) in [6.07, 6.45) is -4.72. The molecule has 2 aromatic rings. The van der Waals surface area contributed by atoms with Crippen LogP contribution in [-0.4, -0.2) is 16.3 Å². The fourth-order valence-corrected chi connectivity index (χ4v) is 1.59. The van der Waals surface area contributed by atoms with Crippen LogP contribution < -0.4 is 10.5 Å². The van der Waals surface area contributed by atoms with Crippen molar-refractivity contribution in [2.45, 2.75) is 13.3 Å². The van der Waals surface area contributed by atoms with Crippen molar-refractivity contribution in [2.75, 3.05) is 5.73 Å². The van der Waals surface area contributed by atoms with Gasteiger partial charge < -0.3 is 10.5 Å². The molecule has 1 heterocycles. The summed E-state index contributed by atoms with van der Waals surface area (Å²) >= 11 is 0. The van der Waals surface area contributed by atoms with Gasteiger partial charge in [-0.1, -0.05) is 12.1 Å². The van der Waals surface area contributed by atoms with E-state index in [1.807, 2.05) is 0 Å². The smallest absolute Gasteiger partial charge is 0.406 e. The van der Waals surface area contributed by atoms with Crippen LogP contribution in [0, 0.1) is 6.92 Å². The van der Waals surface area contributed by atoms with Crippen molar-refractivity contribution in [1.82, 2.24) is 9.97 Å². The molecule has 0 radical (unpaired) electrons. The van der Waals surface area contributed by atoms with Crippen LogP contribution >= 0.6 is 0 Å². The topological polar surface area (TPSA) is 61.0 Å². The summed E-state index contributed by atoms with van der Waals surface area (Å²) in [7, 11) is 0. The lowest BCUT2D eigenvalue weighted by Crippen LogP contribution is -2.17. The number of rotatable bonds is 2. The third-order valence-corrected chi connectivity index (χ3v) is 2.22. The summed E-state index contributed by atoms with van der Waals surface area (Å²) in [6, 6.07) is 7.01. The molecule has 7 heteroatoms. The summed E-state index contributed by atoms with van der Waals surface area (Å²) in [5.74, 6) is 0.390. The first-order valence-corrected chi connectivity index (χ1v) is 5.31. The first-order chi connectivity index (χ1) is 8.83. The Kier molecular flexibility index (Phi) is 3.28. The van der Waals surface area contributed by atoms with Gasteiger partial charge in [0.1, 0.15) is 17.4 Å². The van der Waals surface area contributed by atoms with E-state index >= 15 is 0 Å². The second-order valence-electron chi connectivity index (χ2n) is 3.80. The molecule has 1 aromatic carbocycles. The standard InChI is InChI=1S/C12H10F3N3O/c1-7-17-10(6-11(16)18-7)8-3-2-4-9(5-8)19-12(13,14)15/h2-6H,1H3,(H2,16,17,18). The molecule has 0 aliphatic heterocycles. The zero-order valence-corrected chi connectivity index (χ0v) is 9.90. The third kappa shape index (κ3) is 3.57. The number of nitrogens with zero attached hydrogens (tertiary/aromatic N) is 2. The van der Waals surface area contributed by atoms with Gasteiger partial charge in [-0.3, -0.25) is 0 Å². The van der Waals surface area contributed by atoms with Gasteiger partial charge in [0.05, 0.1) is 5.69 Å². The predicted molar refractivity (Wildman–Crippen MR) is 63.3 cm³/mol. The fraction of sp³-hybridized carbons (Fsp3) is 0.167. The summed E-state index contributed by atoms with van der Waals surface area (Å²) < 4.78 is 40.3. The predicted octanol–water partition coefficient (Wildman–Crippen LogP) is 2.93. The Balaban J connectivity index is 2.37. The van der Waals surface area contributed by atoms with Gasteiger partial charge in [-0.25, -0.2) is 9.97 Å². The minimum absolute atomic E-state index is 0.254. The second-order valence-corrected chi connectivity index (χ2v) is 3.80. The molecule has 2 rings (SSSR count). The highest BCUT2D eigenvalue weighted by Gasteiger charge is 2.31. The number of nitrogen functional groups attached to an aromatic ring is 1. The van der Waals surface area contributed by atoms with E-state index in [1.165, 1.54) is 24.3 Å². The van der Waals surface area contributed by atoms with Gasteiger partial charge in [-0.05, 0) is 19.1 Å². The average molecular weight is 269 g/mol. The van der Waals surface area contributed by atoms with Crippen molar-refractivity contribution in [1.29, 1.82) is 0 Å². The maximum Gasteiger partial charge on any atom is 0.573 e. The van der Waals surface area contributed by atoms with E-state index in [4.69, 9.17) is 5.73 Å². The lowest BCUT2D eigenvalue weighted by molar-refractivity contribution is -0.274. The first-order valence-electron chi connectivity index (χ1n) is 5.31. The summed E-state index contributed by atoms with van der Waals surface area (Å²) in [5, 5.41) is 0. The number of nitrogens with two attached hydrogens (primary N) is 1. The Labute approximate surface area is 107 Å². The molecule has 0 spiro atoms. The van der Waals surface area contributed by atoms with Crippen molar-refractivity contribution in [3.63, 3.8) is 0 Å². The highest BCUT2D eigenvalue weighted by Crippen LogP contribution is 2.27. The quantitative estimate of drug-likeness (QED) is 0.910. The van der Waals surface area contributed by atoms with E-state index < -0.39 is 6.36 Å². The fourth-order valence-electron chi connectivity index (χ4n) is 1.59. The Bertz CT molecular complexity index is 579. The van der Waals surface area contributed by atoms with Gasteiger partial charge in [-0.15, -0.1) is 13.2 Å². The van der Waals surface area contributed by atoms with Gasteiger partial charge in [0.25, 0.3) is 0 Å². The lowest BCUT2D eigenvalue weighted by atomic mass is 10.1. The molecule has 0 atom stereocenters. The van der Waals surface area contributed by atoms with Crippen LogP contribution in [0.4, 0.5) is 19.0 Å². The molecule has 0 amide bonds. The number of aromatic nitrogens is 2.